The van der Waals surface area contributed by atoms with Crippen molar-refractivity contribution in [2.45, 2.75) is 32.7 Å². The van der Waals surface area contributed by atoms with Gasteiger partial charge in [-0.3, -0.25) is 4.79 Å². The SMILES string of the molecule is CC(=O)N[C@@H](C)COc1ccc2oc(-c3ccc(OCC4CC4)cc3)nc2c1. The summed E-state index contributed by atoms with van der Waals surface area (Å²) in [5.74, 6) is 2.78. The van der Waals surface area contributed by atoms with Gasteiger partial charge in [-0.05, 0) is 62.1 Å². The van der Waals surface area contributed by atoms with E-state index < -0.39 is 0 Å². The van der Waals surface area contributed by atoms with Gasteiger partial charge in [0.2, 0.25) is 11.8 Å². The number of rotatable bonds is 8. The Morgan fingerprint density at radius 2 is 1.93 bits per heavy atom. The van der Waals surface area contributed by atoms with E-state index in [-0.39, 0.29) is 11.9 Å². The van der Waals surface area contributed by atoms with E-state index in [0.717, 1.165) is 29.4 Å². The first-order valence-corrected chi connectivity index (χ1v) is 9.60. The maximum Gasteiger partial charge on any atom is 0.227 e. The van der Waals surface area contributed by atoms with E-state index >= 15 is 0 Å². The minimum Gasteiger partial charge on any atom is -0.493 e. The van der Waals surface area contributed by atoms with Gasteiger partial charge in [-0.25, -0.2) is 4.98 Å². The molecule has 0 aliphatic heterocycles. The van der Waals surface area contributed by atoms with Crippen LogP contribution < -0.4 is 14.8 Å². The maximum atomic E-state index is 11.1. The first kappa shape index (κ1) is 18.3. The molecule has 1 amide bonds. The highest BCUT2D eigenvalue weighted by Crippen LogP contribution is 2.31. The summed E-state index contributed by atoms with van der Waals surface area (Å²) in [6.45, 7) is 4.57. The Bertz CT molecular complexity index is 960. The van der Waals surface area contributed by atoms with Gasteiger partial charge in [0.1, 0.15) is 23.6 Å². The summed E-state index contributed by atoms with van der Waals surface area (Å²) < 4.78 is 17.4. The molecule has 1 heterocycles. The third kappa shape index (κ3) is 4.63. The summed E-state index contributed by atoms with van der Waals surface area (Å²) in [6, 6.07) is 13.3. The number of nitrogens with one attached hydrogen (secondary N) is 1. The molecule has 0 radical (unpaired) electrons. The lowest BCUT2D eigenvalue weighted by atomic mass is 10.2. The fraction of sp³-hybridized carbons (Fsp3) is 0.364. The maximum absolute atomic E-state index is 11.1. The summed E-state index contributed by atoms with van der Waals surface area (Å²) in [5, 5.41) is 2.79. The standard InChI is InChI=1S/C22H24N2O4/c1-14(23-15(2)25)12-26-19-9-10-21-20(11-19)24-22(28-21)17-5-7-18(8-6-17)27-13-16-3-4-16/h5-11,14,16H,3-4,12-13H2,1-2H3,(H,23,25)/t14-/m0/s1. The number of hydrogen-bond donors (Lipinski definition) is 1. The van der Waals surface area contributed by atoms with Gasteiger partial charge in [0, 0.05) is 18.6 Å². The zero-order chi connectivity index (χ0) is 19.5. The molecule has 0 spiro atoms. The van der Waals surface area contributed by atoms with Gasteiger partial charge in [-0.1, -0.05) is 0 Å². The zero-order valence-corrected chi connectivity index (χ0v) is 16.1. The van der Waals surface area contributed by atoms with Gasteiger partial charge in [-0.2, -0.15) is 0 Å². The lowest BCUT2D eigenvalue weighted by Crippen LogP contribution is -2.35. The van der Waals surface area contributed by atoms with E-state index in [2.05, 4.69) is 10.3 Å². The predicted octanol–water partition coefficient (Wildman–Crippen LogP) is 4.19. The van der Waals surface area contributed by atoms with Crippen molar-refractivity contribution in [1.82, 2.24) is 10.3 Å². The van der Waals surface area contributed by atoms with Crippen LogP contribution in [0.3, 0.4) is 0 Å². The molecule has 4 rings (SSSR count). The molecule has 1 fully saturated rings. The molecule has 6 heteroatoms. The van der Waals surface area contributed by atoms with Crippen LogP contribution in [0.5, 0.6) is 11.5 Å². The highest BCUT2D eigenvalue weighted by Gasteiger charge is 2.21. The summed E-state index contributed by atoms with van der Waals surface area (Å²) in [5.41, 5.74) is 2.33. The largest absolute Gasteiger partial charge is 0.493 e. The van der Waals surface area contributed by atoms with Gasteiger partial charge in [0.15, 0.2) is 5.58 Å². The molecule has 1 N–H and O–H groups in total. The van der Waals surface area contributed by atoms with Crippen molar-refractivity contribution in [2.75, 3.05) is 13.2 Å². The van der Waals surface area contributed by atoms with E-state index in [1.807, 2.05) is 49.4 Å². The number of nitrogens with zero attached hydrogens (tertiary/aromatic N) is 1. The molecule has 0 bridgehead atoms. The van der Waals surface area contributed by atoms with Gasteiger partial charge in [0.05, 0.1) is 12.6 Å². The smallest absolute Gasteiger partial charge is 0.227 e. The number of aromatic nitrogens is 1. The zero-order valence-electron chi connectivity index (χ0n) is 16.1. The first-order valence-electron chi connectivity index (χ1n) is 9.60. The normalized spacial score (nSPS) is 14.6. The number of carbonyl (C=O) groups excluding carboxylic acids is 1. The topological polar surface area (TPSA) is 73.6 Å². The predicted molar refractivity (Wildman–Crippen MR) is 106 cm³/mol. The third-order valence-electron chi connectivity index (χ3n) is 4.59. The molecule has 3 aromatic rings. The van der Waals surface area contributed by atoms with Crippen LogP contribution in [-0.2, 0) is 4.79 Å². The average Bonchev–Trinajstić information content (AvgIpc) is 3.41. The molecule has 6 nitrogen and oxygen atoms in total. The summed E-state index contributed by atoms with van der Waals surface area (Å²) >= 11 is 0. The average molecular weight is 380 g/mol. The second kappa shape index (κ2) is 7.92. The van der Waals surface area contributed by atoms with E-state index in [4.69, 9.17) is 13.9 Å². The number of benzene rings is 2. The van der Waals surface area contributed by atoms with Crippen LogP contribution in [0, 0.1) is 5.92 Å². The number of amides is 1. The number of ether oxygens (including phenoxy) is 2. The molecule has 2 aromatic carbocycles. The monoisotopic (exact) mass is 380 g/mol. The van der Waals surface area contributed by atoms with E-state index in [1.54, 1.807) is 0 Å². The fourth-order valence-corrected chi connectivity index (χ4v) is 2.92. The van der Waals surface area contributed by atoms with Crippen molar-refractivity contribution in [3.8, 4) is 23.0 Å². The quantitative estimate of drug-likeness (QED) is 0.634. The van der Waals surface area contributed by atoms with Crippen LogP contribution in [-0.4, -0.2) is 30.1 Å². The van der Waals surface area contributed by atoms with Crippen LogP contribution in [0.4, 0.5) is 0 Å². The van der Waals surface area contributed by atoms with Crippen LogP contribution >= 0.6 is 0 Å². The molecular formula is C22H24N2O4. The molecule has 0 saturated heterocycles. The van der Waals surface area contributed by atoms with Gasteiger partial charge in [0.25, 0.3) is 0 Å². The van der Waals surface area contributed by atoms with Crippen LogP contribution in [0.1, 0.15) is 26.7 Å². The van der Waals surface area contributed by atoms with Crippen molar-refractivity contribution in [3.63, 3.8) is 0 Å². The van der Waals surface area contributed by atoms with Crippen molar-refractivity contribution in [3.05, 3.63) is 42.5 Å². The molecule has 1 aliphatic carbocycles. The molecule has 1 atom stereocenters. The minimum atomic E-state index is -0.0725. The van der Waals surface area contributed by atoms with E-state index in [1.165, 1.54) is 19.8 Å². The molecular weight excluding hydrogens is 356 g/mol. The highest BCUT2D eigenvalue weighted by atomic mass is 16.5. The van der Waals surface area contributed by atoms with Crippen molar-refractivity contribution < 1.29 is 18.7 Å². The lowest BCUT2D eigenvalue weighted by Gasteiger charge is -2.13. The number of fused-ring (bicyclic) bond motifs is 1. The summed E-state index contributed by atoms with van der Waals surface area (Å²) in [6.07, 6.45) is 2.55. The highest BCUT2D eigenvalue weighted by molar-refractivity contribution is 5.77. The Hall–Kier alpha value is -3.02. The second-order valence-electron chi connectivity index (χ2n) is 7.34. The Kier molecular flexibility index (Phi) is 5.19. The van der Waals surface area contributed by atoms with Crippen molar-refractivity contribution in [1.29, 1.82) is 0 Å². The number of oxazole rings is 1. The third-order valence-corrected chi connectivity index (χ3v) is 4.59. The van der Waals surface area contributed by atoms with Crippen LogP contribution in [0.15, 0.2) is 46.9 Å². The summed E-state index contributed by atoms with van der Waals surface area (Å²) in [7, 11) is 0. The molecule has 146 valence electrons. The number of hydrogen-bond acceptors (Lipinski definition) is 5. The van der Waals surface area contributed by atoms with Crippen molar-refractivity contribution in [2.24, 2.45) is 5.92 Å². The Morgan fingerprint density at radius 3 is 2.64 bits per heavy atom. The fourth-order valence-electron chi connectivity index (χ4n) is 2.92. The Morgan fingerprint density at radius 1 is 1.18 bits per heavy atom. The second-order valence-corrected chi connectivity index (χ2v) is 7.34. The molecule has 28 heavy (non-hydrogen) atoms. The van der Waals surface area contributed by atoms with E-state index in [9.17, 15) is 4.79 Å². The van der Waals surface area contributed by atoms with Gasteiger partial charge in [-0.15, -0.1) is 0 Å². The molecule has 1 aromatic heterocycles. The Labute approximate surface area is 163 Å². The molecule has 1 saturated carbocycles. The van der Waals surface area contributed by atoms with Gasteiger partial charge < -0.3 is 19.2 Å². The lowest BCUT2D eigenvalue weighted by molar-refractivity contribution is -0.119. The first-order chi connectivity index (χ1) is 13.6. The van der Waals surface area contributed by atoms with Crippen molar-refractivity contribution >= 4 is 17.0 Å². The Balaban J connectivity index is 1.43. The van der Waals surface area contributed by atoms with Gasteiger partial charge >= 0.3 is 0 Å². The van der Waals surface area contributed by atoms with Crippen LogP contribution in [0.25, 0.3) is 22.6 Å². The number of carbonyl (C=O) groups is 1. The molecule has 0 unspecified atom stereocenters. The van der Waals surface area contributed by atoms with Crippen LogP contribution in [0.2, 0.25) is 0 Å². The van der Waals surface area contributed by atoms with E-state index in [0.29, 0.717) is 23.8 Å². The molecule has 1 aliphatic rings. The minimum absolute atomic E-state index is 0.0679. The summed E-state index contributed by atoms with van der Waals surface area (Å²) in [4.78, 5) is 15.6.